The highest BCUT2D eigenvalue weighted by Gasteiger charge is 2.22. The Bertz CT molecular complexity index is 688. The molecule has 0 saturated carbocycles. The van der Waals surface area contributed by atoms with Crippen LogP contribution in [0.5, 0.6) is 0 Å². The first-order valence-electron chi connectivity index (χ1n) is 8.87. The number of benzene rings is 2. The number of hydrogen-bond acceptors (Lipinski definition) is 3. The number of anilines is 1. The van der Waals surface area contributed by atoms with Gasteiger partial charge in [0.25, 0.3) is 0 Å². The van der Waals surface area contributed by atoms with Gasteiger partial charge in [-0.15, -0.1) is 0 Å². The minimum atomic E-state index is -0.210. The molecule has 0 spiro atoms. The Morgan fingerprint density at radius 2 is 1.77 bits per heavy atom. The van der Waals surface area contributed by atoms with Gasteiger partial charge in [0.05, 0.1) is 13.2 Å². The van der Waals surface area contributed by atoms with Crippen LogP contribution in [0.3, 0.4) is 0 Å². The number of morpholine rings is 1. The van der Waals surface area contributed by atoms with Crippen molar-refractivity contribution < 1.29 is 9.53 Å². The Kier molecular flexibility index (Phi) is 6.89. The van der Waals surface area contributed by atoms with E-state index in [4.69, 9.17) is 16.3 Å². The molecule has 2 amide bonds. The van der Waals surface area contributed by atoms with Crippen LogP contribution < -0.4 is 10.6 Å². The van der Waals surface area contributed by atoms with Gasteiger partial charge in [-0.2, -0.15) is 0 Å². The van der Waals surface area contributed by atoms with Crippen LogP contribution in [0.2, 0.25) is 5.02 Å². The lowest BCUT2D eigenvalue weighted by Crippen LogP contribution is -2.50. The third kappa shape index (κ3) is 5.73. The van der Waals surface area contributed by atoms with Gasteiger partial charge in [-0.25, -0.2) is 4.79 Å². The van der Waals surface area contributed by atoms with Crippen LogP contribution in [0.1, 0.15) is 5.56 Å². The lowest BCUT2D eigenvalue weighted by molar-refractivity contribution is 0.0173. The van der Waals surface area contributed by atoms with E-state index >= 15 is 0 Å². The average molecular weight is 374 g/mol. The number of ether oxygens (including phenoxy) is 1. The molecular formula is C20H24ClN3O2. The number of carbonyl (C=O) groups is 1. The number of hydrogen-bond donors (Lipinski definition) is 2. The molecule has 1 aliphatic heterocycles. The quantitative estimate of drug-likeness (QED) is 0.815. The van der Waals surface area contributed by atoms with Crippen molar-refractivity contribution in [1.82, 2.24) is 10.2 Å². The molecule has 2 aromatic rings. The minimum absolute atomic E-state index is 0.210. The topological polar surface area (TPSA) is 53.6 Å². The van der Waals surface area contributed by atoms with E-state index in [0.717, 1.165) is 38.4 Å². The Labute approximate surface area is 159 Å². The SMILES string of the molecule is O=C(NCC(Cc1ccccc1)N1CCOCC1)Nc1ccc(Cl)cc1. The smallest absolute Gasteiger partial charge is 0.319 e. The maximum Gasteiger partial charge on any atom is 0.319 e. The van der Waals surface area contributed by atoms with Crippen molar-refractivity contribution >= 4 is 23.3 Å². The van der Waals surface area contributed by atoms with Crippen LogP contribution >= 0.6 is 11.6 Å². The first-order chi connectivity index (χ1) is 12.7. The van der Waals surface area contributed by atoms with Gasteiger partial charge in [-0.05, 0) is 36.2 Å². The molecule has 1 atom stereocenters. The molecule has 1 heterocycles. The van der Waals surface area contributed by atoms with Crippen LogP contribution in [-0.2, 0) is 11.2 Å². The van der Waals surface area contributed by atoms with E-state index in [1.165, 1.54) is 5.56 Å². The van der Waals surface area contributed by atoms with Gasteiger partial charge < -0.3 is 15.4 Å². The Balaban J connectivity index is 1.57. The Morgan fingerprint density at radius 3 is 2.46 bits per heavy atom. The van der Waals surface area contributed by atoms with Gasteiger partial charge in [-0.3, -0.25) is 4.90 Å². The molecule has 6 heteroatoms. The summed E-state index contributed by atoms with van der Waals surface area (Å²) in [4.78, 5) is 14.6. The maximum atomic E-state index is 12.2. The predicted octanol–water partition coefficient (Wildman–Crippen LogP) is 3.41. The number of nitrogens with zero attached hydrogens (tertiary/aromatic N) is 1. The number of halogens is 1. The Hall–Kier alpha value is -2.08. The molecule has 1 saturated heterocycles. The number of carbonyl (C=O) groups excluding carboxylic acids is 1. The normalized spacial score (nSPS) is 16.0. The highest BCUT2D eigenvalue weighted by molar-refractivity contribution is 6.30. The highest BCUT2D eigenvalue weighted by atomic mass is 35.5. The molecule has 3 rings (SSSR count). The highest BCUT2D eigenvalue weighted by Crippen LogP contribution is 2.14. The van der Waals surface area contributed by atoms with Crippen molar-refractivity contribution in [3.63, 3.8) is 0 Å². The van der Waals surface area contributed by atoms with Crippen molar-refractivity contribution in [3.05, 3.63) is 65.2 Å². The van der Waals surface area contributed by atoms with Crippen LogP contribution in [0.4, 0.5) is 10.5 Å². The molecule has 0 bridgehead atoms. The third-order valence-corrected chi connectivity index (χ3v) is 4.73. The summed E-state index contributed by atoms with van der Waals surface area (Å²) in [5.41, 5.74) is 1.99. The lowest BCUT2D eigenvalue weighted by Gasteiger charge is -2.34. The summed E-state index contributed by atoms with van der Waals surface area (Å²) in [6, 6.07) is 17.5. The molecule has 26 heavy (non-hydrogen) atoms. The Morgan fingerprint density at radius 1 is 1.08 bits per heavy atom. The number of rotatable bonds is 6. The van der Waals surface area contributed by atoms with E-state index in [9.17, 15) is 4.79 Å². The zero-order valence-corrected chi connectivity index (χ0v) is 15.4. The first-order valence-corrected chi connectivity index (χ1v) is 9.24. The molecule has 2 N–H and O–H groups in total. The number of urea groups is 1. The largest absolute Gasteiger partial charge is 0.379 e. The van der Waals surface area contributed by atoms with Crippen LogP contribution in [0.15, 0.2) is 54.6 Å². The average Bonchev–Trinajstić information content (AvgIpc) is 2.68. The van der Waals surface area contributed by atoms with Crippen molar-refractivity contribution in [3.8, 4) is 0 Å². The lowest BCUT2D eigenvalue weighted by atomic mass is 10.0. The number of nitrogens with one attached hydrogen (secondary N) is 2. The second kappa shape index (κ2) is 9.57. The van der Waals surface area contributed by atoms with E-state index < -0.39 is 0 Å². The fraction of sp³-hybridized carbons (Fsp3) is 0.350. The molecule has 1 fully saturated rings. The van der Waals surface area contributed by atoms with Crippen LogP contribution in [0.25, 0.3) is 0 Å². The third-order valence-electron chi connectivity index (χ3n) is 4.48. The summed E-state index contributed by atoms with van der Waals surface area (Å²) in [7, 11) is 0. The van der Waals surface area contributed by atoms with Crippen molar-refractivity contribution in [2.45, 2.75) is 12.5 Å². The fourth-order valence-corrected chi connectivity index (χ4v) is 3.20. The summed E-state index contributed by atoms with van der Waals surface area (Å²) in [5.74, 6) is 0. The zero-order chi connectivity index (χ0) is 18.2. The molecule has 1 aliphatic rings. The maximum absolute atomic E-state index is 12.2. The van der Waals surface area contributed by atoms with Crippen molar-refractivity contribution in [1.29, 1.82) is 0 Å². The van der Waals surface area contributed by atoms with Crippen molar-refractivity contribution in [2.75, 3.05) is 38.2 Å². The van der Waals surface area contributed by atoms with E-state index in [2.05, 4.69) is 27.7 Å². The van der Waals surface area contributed by atoms with Gasteiger partial charge in [0.2, 0.25) is 0 Å². The fourth-order valence-electron chi connectivity index (χ4n) is 3.08. The van der Waals surface area contributed by atoms with Gasteiger partial charge in [0, 0.05) is 36.4 Å². The molecule has 1 unspecified atom stereocenters. The summed E-state index contributed by atoms with van der Waals surface area (Å²) in [6.07, 6.45) is 0.891. The van der Waals surface area contributed by atoms with Gasteiger partial charge in [-0.1, -0.05) is 41.9 Å². The van der Waals surface area contributed by atoms with Gasteiger partial charge in [0.15, 0.2) is 0 Å². The summed E-state index contributed by atoms with van der Waals surface area (Å²) < 4.78 is 5.46. The van der Waals surface area contributed by atoms with E-state index in [1.807, 2.05) is 18.2 Å². The molecule has 2 aromatic carbocycles. The van der Waals surface area contributed by atoms with Crippen molar-refractivity contribution in [2.24, 2.45) is 0 Å². The van der Waals surface area contributed by atoms with E-state index in [-0.39, 0.29) is 12.1 Å². The molecule has 0 aromatic heterocycles. The second-order valence-electron chi connectivity index (χ2n) is 6.33. The summed E-state index contributed by atoms with van der Waals surface area (Å²) >= 11 is 5.87. The van der Waals surface area contributed by atoms with Gasteiger partial charge in [0.1, 0.15) is 0 Å². The summed E-state index contributed by atoms with van der Waals surface area (Å²) in [6.45, 7) is 3.83. The summed E-state index contributed by atoms with van der Waals surface area (Å²) in [5, 5.41) is 6.48. The zero-order valence-electron chi connectivity index (χ0n) is 14.7. The molecule has 138 valence electrons. The second-order valence-corrected chi connectivity index (χ2v) is 6.77. The van der Waals surface area contributed by atoms with Gasteiger partial charge >= 0.3 is 6.03 Å². The molecular weight excluding hydrogens is 350 g/mol. The standard InChI is InChI=1S/C20H24ClN3O2/c21-17-6-8-18(9-7-17)23-20(25)22-15-19(24-10-12-26-13-11-24)14-16-4-2-1-3-5-16/h1-9,19H,10-15H2,(H2,22,23,25). The monoisotopic (exact) mass is 373 g/mol. The molecule has 0 aliphatic carbocycles. The van der Waals surface area contributed by atoms with E-state index in [1.54, 1.807) is 24.3 Å². The van der Waals surface area contributed by atoms with Crippen LogP contribution in [0, 0.1) is 0 Å². The van der Waals surface area contributed by atoms with E-state index in [0.29, 0.717) is 11.6 Å². The molecule has 0 radical (unpaired) electrons. The first kappa shape index (κ1) is 18.7. The predicted molar refractivity (Wildman–Crippen MR) is 105 cm³/mol. The number of amides is 2. The minimum Gasteiger partial charge on any atom is -0.379 e. The van der Waals surface area contributed by atoms with Crippen LogP contribution in [-0.4, -0.2) is 49.8 Å². The molecule has 5 nitrogen and oxygen atoms in total.